The van der Waals surface area contributed by atoms with E-state index in [0.717, 1.165) is 11.1 Å². The first-order chi connectivity index (χ1) is 7.79. The molecule has 1 radical (unpaired) electrons. The second-order valence-electron chi connectivity index (χ2n) is 3.98. The van der Waals surface area contributed by atoms with Crippen molar-refractivity contribution in [1.82, 2.24) is 0 Å². The molecule has 1 heteroatoms. The molecule has 0 saturated carbocycles. The summed E-state index contributed by atoms with van der Waals surface area (Å²) in [5, 5.41) is 10.2. The molecule has 1 nitrogen and oxygen atoms in total. The molecule has 2 rings (SSSR count). The van der Waals surface area contributed by atoms with E-state index in [0.29, 0.717) is 0 Å². The van der Waals surface area contributed by atoms with Gasteiger partial charge in [0.05, 0.1) is 6.10 Å². The van der Waals surface area contributed by atoms with Crippen molar-refractivity contribution >= 4 is 0 Å². The fourth-order valence-electron chi connectivity index (χ4n) is 1.82. The van der Waals surface area contributed by atoms with Crippen molar-refractivity contribution in [3.63, 3.8) is 0 Å². The number of rotatable bonds is 3. The number of hydrogen-bond donors (Lipinski definition) is 1. The maximum Gasteiger partial charge on any atom is 0.0855 e. The van der Waals surface area contributed by atoms with Crippen molar-refractivity contribution in [2.24, 2.45) is 0 Å². The molecule has 0 aliphatic carbocycles. The summed E-state index contributed by atoms with van der Waals surface area (Å²) < 4.78 is 0. The molecule has 2 unspecified atom stereocenters. The number of benzene rings is 2. The van der Waals surface area contributed by atoms with E-state index in [1.54, 1.807) is 0 Å². The predicted octanol–water partition coefficient (Wildman–Crippen LogP) is 3.32. The Morgan fingerprint density at radius 1 is 0.938 bits per heavy atom. The molecule has 2 aromatic rings. The zero-order chi connectivity index (χ0) is 11.4. The van der Waals surface area contributed by atoms with Gasteiger partial charge in [0.1, 0.15) is 0 Å². The van der Waals surface area contributed by atoms with Crippen LogP contribution in [-0.2, 0) is 0 Å². The summed E-state index contributed by atoms with van der Waals surface area (Å²) in [6.45, 7) is 2.03. The number of aliphatic hydroxyl groups excluding tert-OH is 1. The Kier molecular flexibility index (Phi) is 3.37. The van der Waals surface area contributed by atoms with E-state index >= 15 is 0 Å². The molecule has 2 atom stereocenters. The minimum atomic E-state index is -0.455. The lowest BCUT2D eigenvalue weighted by atomic mass is 9.91. The fraction of sp³-hybridized carbons (Fsp3) is 0.200. The molecule has 0 aliphatic rings. The normalized spacial score (nSPS) is 14.4. The van der Waals surface area contributed by atoms with Gasteiger partial charge in [-0.3, -0.25) is 0 Å². The van der Waals surface area contributed by atoms with Crippen molar-refractivity contribution in [3.8, 4) is 0 Å². The molecule has 0 aromatic heterocycles. The summed E-state index contributed by atoms with van der Waals surface area (Å²) in [6, 6.07) is 20.5. The highest BCUT2D eigenvalue weighted by atomic mass is 16.3. The fourth-order valence-corrected chi connectivity index (χ4v) is 1.82. The second kappa shape index (κ2) is 4.95. The Morgan fingerprint density at radius 2 is 1.56 bits per heavy atom. The van der Waals surface area contributed by atoms with E-state index in [4.69, 9.17) is 0 Å². The maximum absolute atomic E-state index is 10.2. The molecule has 0 aliphatic heterocycles. The van der Waals surface area contributed by atoms with Gasteiger partial charge in [-0.15, -0.1) is 0 Å². The van der Waals surface area contributed by atoms with Gasteiger partial charge in [-0.25, -0.2) is 0 Å². The molecular formula is C15H15O. The molecule has 0 spiro atoms. The van der Waals surface area contributed by atoms with Crippen LogP contribution in [-0.4, -0.2) is 5.11 Å². The number of hydrogen-bond acceptors (Lipinski definition) is 1. The number of aliphatic hydroxyl groups is 1. The Labute approximate surface area is 96.4 Å². The first-order valence-electron chi connectivity index (χ1n) is 5.48. The Hall–Kier alpha value is -1.60. The summed E-state index contributed by atoms with van der Waals surface area (Å²) in [6.07, 6.45) is -0.455. The minimum absolute atomic E-state index is 0.0944. The van der Waals surface area contributed by atoms with Gasteiger partial charge >= 0.3 is 0 Å². The van der Waals surface area contributed by atoms with Gasteiger partial charge in [0.15, 0.2) is 0 Å². The topological polar surface area (TPSA) is 20.2 Å². The smallest absolute Gasteiger partial charge is 0.0855 e. The summed E-state index contributed by atoms with van der Waals surface area (Å²) >= 11 is 0. The van der Waals surface area contributed by atoms with Crippen LogP contribution < -0.4 is 0 Å². The van der Waals surface area contributed by atoms with E-state index in [1.165, 1.54) is 0 Å². The van der Waals surface area contributed by atoms with Crippen molar-refractivity contribution in [2.75, 3.05) is 0 Å². The third-order valence-electron chi connectivity index (χ3n) is 2.88. The van der Waals surface area contributed by atoms with Gasteiger partial charge in [-0.1, -0.05) is 61.5 Å². The lowest BCUT2D eigenvalue weighted by molar-refractivity contribution is 0.151. The van der Waals surface area contributed by atoms with Crippen molar-refractivity contribution in [1.29, 1.82) is 0 Å². The summed E-state index contributed by atoms with van der Waals surface area (Å²) in [7, 11) is 0. The van der Waals surface area contributed by atoms with Gasteiger partial charge in [-0.05, 0) is 17.2 Å². The van der Waals surface area contributed by atoms with E-state index in [2.05, 4.69) is 6.07 Å². The van der Waals surface area contributed by atoms with E-state index in [1.807, 2.05) is 61.5 Å². The van der Waals surface area contributed by atoms with Crippen LogP contribution in [0.25, 0.3) is 0 Å². The standard InChI is InChI=1S/C15H15O/c1-12(13-8-4-2-5-9-13)15(16)14-10-6-3-7-11-14/h3-12,15-16H,1H3. The molecule has 0 amide bonds. The van der Waals surface area contributed by atoms with Gasteiger partial charge in [0, 0.05) is 5.92 Å². The Bertz CT molecular complexity index is 378. The van der Waals surface area contributed by atoms with Crippen LogP contribution >= 0.6 is 0 Å². The largest absolute Gasteiger partial charge is 0.388 e. The highest BCUT2D eigenvalue weighted by Gasteiger charge is 2.17. The second-order valence-corrected chi connectivity index (χ2v) is 3.98. The third-order valence-corrected chi connectivity index (χ3v) is 2.88. The average Bonchev–Trinajstić information content (AvgIpc) is 2.39. The zero-order valence-corrected chi connectivity index (χ0v) is 9.30. The first kappa shape index (κ1) is 10.9. The van der Waals surface area contributed by atoms with Crippen LogP contribution in [0.2, 0.25) is 0 Å². The van der Waals surface area contributed by atoms with Gasteiger partial charge in [0.25, 0.3) is 0 Å². The zero-order valence-electron chi connectivity index (χ0n) is 9.30. The van der Waals surface area contributed by atoms with E-state index in [9.17, 15) is 5.11 Å². The molecule has 0 saturated heterocycles. The van der Waals surface area contributed by atoms with Gasteiger partial charge < -0.3 is 5.11 Å². The van der Waals surface area contributed by atoms with E-state index < -0.39 is 6.10 Å². The van der Waals surface area contributed by atoms with Crippen LogP contribution in [0.1, 0.15) is 30.1 Å². The maximum atomic E-state index is 10.2. The molecular weight excluding hydrogens is 196 g/mol. The molecule has 81 valence electrons. The SMILES string of the molecule is CC(c1cc[c]cc1)C(O)c1ccccc1. The molecule has 0 heterocycles. The minimum Gasteiger partial charge on any atom is -0.388 e. The van der Waals surface area contributed by atoms with Crippen LogP contribution in [0.5, 0.6) is 0 Å². The van der Waals surface area contributed by atoms with Crippen molar-refractivity contribution in [3.05, 3.63) is 71.8 Å². The quantitative estimate of drug-likeness (QED) is 0.825. The highest BCUT2D eigenvalue weighted by molar-refractivity contribution is 5.25. The van der Waals surface area contributed by atoms with Crippen molar-refractivity contribution in [2.45, 2.75) is 18.9 Å². The van der Waals surface area contributed by atoms with Crippen molar-refractivity contribution < 1.29 is 5.11 Å². The first-order valence-corrected chi connectivity index (χ1v) is 5.48. The van der Waals surface area contributed by atoms with Crippen LogP contribution in [0.15, 0.2) is 54.6 Å². The third kappa shape index (κ3) is 2.31. The highest BCUT2D eigenvalue weighted by Crippen LogP contribution is 2.29. The Balaban J connectivity index is 2.20. The lowest BCUT2D eigenvalue weighted by Gasteiger charge is -2.19. The van der Waals surface area contributed by atoms with Crippen LogP contribution in [0, 0.1) is 6.07 Å². The lowest BCUT2D eigenvalue weighted by Crippen LogP contribution is -2.07. The summed E-state index contributed by atoms with van der Waals surface area (Å²) in [5.74, 6) is 0.0944. The summed E-state index contributed by atoms with van der Waals surface area (Å²) in [5.41, 5.74) is 2.10. The molecule has 0 bridgehead atoms. The average molecular weight is 211 g/mol. The summed E-state index contributed by atoms with van der Waals surface area (Å²) in [4.78, 5) is 0. The van der Waals surface area contributed by atoms with Gasteiger partial charge in [0.2, 0.25) is 0 Å². The van der Waals surface area contributed by atoms with Gasteiger partial charge in [-0.2, -0.15) is 0 Å². The van der Waals surface area contributed by atoms with E-state index in [-0.39, 0.29) is 5.92 Å². The molecule has 16 heavy (non-hydrogen) atoms. The molecule has 0 fully saturated rings. The Morgan fingerprint density at radius 3 is 2.19 bits per heavy atom. The molecule has 2 aromatic carbocycles. The van der Waals surface area contributed by atoms with Crippen LogP contribution in [0.4, 0.5) is 0 Å². The van der Waals surface area contributed by atoms with Crippen LogP contribution in [0.3, 0.4) is 0 Å². The predicted molar refractivity (Wildman–Crippen MR) is 65.1 cm³/mol. The molecule has 1 N–H and O–H groups in total. The monoisotopic (exact) mass is 211 g/mol.